The Kier molecular flexibility index (Phi) is 5.69. The minimum atomic E-state index is -0.897. The van der Waals surface area contributed by atoms with Crippen molar-refractivity contribution in [2.45, 2.75) is 46.3 Å². The Hall–Kier alpha value is -2.11. The first-order valence-electron chi connectivity index (χ1n) is 6.85. The molecule has 0 saturated carbocycles. The first-order valence-corrected chi connectivity index (χ1v) is 6.85. The predicted octanol–water partition coefficient (Wildman–Crippen LogP) is 1.94. The van der Waals surface area contributed by atoms with E-state index in [0.29, 0.717) is 6.61 Å². The summed E-state index contributed by atoms with van der Waals surface area (Å²) in [5.41, 5.74) is -0.183. The van der Waals surface area contributed by atoms with Gasteiger partial charge in [0.25, 0.3) is 5.91 Å². The van der Waals surface area contributed by atoms with E-state index in [1.54, 1.807) is 19.1 Å². The Morgan fingerprint density at radius 2 is 2.05 bits per heavy atom. The van der Waals surface area contributed by atoms with Gasteiger partial charge in [-0.1, -0.05) is 0 Å². The molecular weight excluding hydrogens is 272 g/mol. The van der Waals surface area contributed by atoms with Gasteiger partial charge in [-0.2, -0.15) is 0 Å². The number of rotatable bonds is 5. The van der Waals surface area contributed by atoms with Crippen LogP contribution in [0.15, 0.2) is 18.3 Å². The largest absolute Gasteiger partial charge is 0.477 e. The van der Waals surface area contributed by atoms with Crippen molar-refractivity contribution in [1.29, 1.82) is 0 Å². The molecule has 0 radical (unpaired) electrons. The molecule has 6 heteroatoms. The lowest BCUT2D eigenvalue weighted by molar-refractivity contribution is -0.130. The second kappa shape index (κ2) is 7.06. The highest BCUT2D eigenvalue weighted by molar-refractivity contribution is 5.94. The molecule has 1 aromatic heterocycles. The van der Waals surface area contributed by atoms with Crippen LogP contribution < -0.4 is 10.1 Å². The molecule has 0 saturated heterocycles. The quantitative estimate of drug-likeness (QED) is 0.840. The molecule has 1 amide bonds. The summed E-state index contributed by atoms with van der Waals surface area (Å²) in [5, 5.41) is 2.75. The summed E-state index contributed by atoms with van der Waals surface area (Å²) in [6.07, 6.45) is 0.628. The Morgan fingerprint density at radius 3 is 2.62 bits per heavy atom. The first-order chi connectivity index (χ1) is 9.74. The molecule has 0 aliphatic carbocycles. The Balaban J connectivity index is 2.75. The molecule has 0 unspecified atom stereocenters. The van der Waals surface area contributed by atoms with Crippen molar-refractivity contribution in [2.75, 3.05) is 6.61 Å². The van der Waals surface area contributed by atoms with Crippen molar-refractivity contribution in [3.63, 3.8) is 0 Å². The van der Waals surface area contributed by atoms with Gasteiger partial charge in [0.1, 0.15) is 5.56 Å². The summed E-state index contributed by atoms with van der Waals surface area (Å²) in [7, 11) is 0. The normalized spacial score (nSPS) is 12.4. The van der Waals surface area contributed by atoms with Crippen molar-refractivity contribution in [3.05, 3.63) is 23.9 Å². The van der Waals surface area contributed by atoms with E-state index in [2.05, 4.69) is 10.3 Å². The average molecular weight is 294 g/mol. The highest BCUT2D eigenvalue weighted by Crippen LogP contribution is 2.16. The zero-order chi connectivity index (χ0) is 16.0. The number of ether oxygens (including phenoxy) is 2. The number of hydrogen-bond donors (Lipinski definition) is 1. The number of nitrogens with one attached hydrogen (secondary N) is 1. The van der Waals surface area contributed by atoms with Gasteiger partial charge in [0.15, 0.2) is 6.10 Å². The van der Waals surface area contributed by atoms with Crippen LogP contribution >= 0.6 is 0 Å². The van der Waals surface area contributed by atoms with E-state index in [0.717, 1.165) is 0 Å². The van der Waals surface area contributed by atoms with E-state index in [9.17, 15) is 9.59 Å². The molecule has 21 heavy (non-hydrogen) atoms. The molecule has 0 bridgehead atoms. The minimum Gasteiger partial charge on any atom is -0.477 e. The van der Waals surface area contributed by atoms with Gasteiger partial charge in [0.2, 0.25) is 5.88 Å². The van der Waals surface area contributed by atoms with Crippen LogP contribution in [0.2, 0.25) is 0 Å². The third-order valence-electron chi connectivity index (χ3n) is 2.42. The van der Waals surface area contributed by atoms with Crippen LogP contribution in [0.5, 0.6) is 5.88 Å². The summed E-state index contributed by atoms with van der Waals surface area (Å²) < 4.78 is 10.4. The van der Waals surface area contributed by atoms with E-state index < -0.39 is 12.1 Å². The van der Waals surface area contributed by atoms with Crippen molar-refractivity contribution >= 4 is 11.9 Å². The second-order valence-electron chi connectivity index (χ2n) is 5.58. The maximum Gasteiger partial charge on any atom is 0.344 e. The maximum atomic E-state index is 12.1. The maximum absolute atomic E-state index is 12.1. The van der Waals surface area contributed by atoms with Crippen molar-refractivity contribution in [3.8, 4) is 5.88 Å². The Labute approximate surface area is 124 Å². The number of nitrogens with zero attached hydrogens (tertiary/aromatic N) is 1. The van der Waals surface area contributed by atoms with Crippen molar-refractivity contribution in [2.24, 2.45) is 0 Å². The smallest absolute Gasteiger partial charge is 0.344 e. The van der Waals surface area contributed by atoms with Crippen LogP contribution in [0.1, 0.15) is 45.0 Å². The third kappa shape index (κ3) is 5.41. The number of pyridine rings is 1. The number of esters is 1. The molecule has 0 aromatic carbocycles. The van der Waals surface area contributed by atoms with Crippen LogP contribution in [0.4, 0.5) is 0 Å². The van der Waals surface area contributed by atoms with E-state index >= 15 is 0 Å². The van der Waals surface area contributed by atoms with Gasteiger partial charge in [-0.25, -0.2) is 9.78 Å². The number of carbonyl (C=O) groups excluding carboxylic acids is 2. The average Bonchev–Trinajstić information content (AvgIpc) is 2.37. The molecule has 1 N–H and O–H groups in total. The summed E-state index contributed by atoms with van der Waals surface area (Å²) in [6, 6.07) is 3.16. The highest BCUT2D eigenvalue weighted by Gasteiger charge is 2.24. The Morgan fingerprint density at radius 1 is 1.38 bits per heavy atom. The summed E-state index contributed by atoms with van der Waals surface area (Å²) in [6.45, 7) is 9.27. The topological polar surface area (TPSA) is 77.5 Å². The minimum absolute atomic E-state index is 0.202. The lowest BCUT2D eigenvalue weighted by Gasteiger charge is -2.23. The number of hydrogen-bond acceptors (Lipinski definition) is 5. The van der Waals surface area contributed by atoms with Gasteiger partial charge in [-0.15, -0.1) is 0 Å². The van der Waals surface area contributed by atoms with E-state index in [-0.39, 0.29) is 22.9 Å². The van der Waals surface area contributed by atoms with Gasteiger partial charge in [-0.05, 0) is 46.8 Å². The molecule has 0 spiro atoms. The molecule has 6 nitrogen and oxygen atoms in total. The van der Waals surface area contributed by atoms with Crippen LogP contribution in [-0.2, 0) is 9.53 Å². The fourth-order valence-corrected chi connectivity index (χ4v) is 1.55. The fraction of sp³-hybridized carbons (Fsp3) is 0.533. The number of amides is 1. The molecule has 1 rings (SSSR count). The fourth-order valence-electron chi connectivity index (χ4n) is 1.55. The van der Waals surface area contributed by atoms with Crippen LogP contribution in [0.3, 0.4) is 0 Å². The predicted molar refractivity (Wildman–Crippen MR) is 78.2 cm³/mol. The molecular formula is C15H22N2O4. The van der Waals surface area contributed by atoms with Gasteiger partial charge in [0.05, 0.1) is 6.61 Å². The SMILES string of the molecule is CCOc1ncccc1C(=O)O[C@H](C)C(=O)NC(C)(C)C. The lowest BCUT2D eigenvalue weighted by atomic mass is 10.1. The van der Waals surface area contributed by atoms with Gasteiger partial charge >= 0.3 is 5.97 Å². The summed E-state index contributed by atoms with van der Waals surface area (Å²) in [4.78, 5) is 28.0. The molecule has 0 aliphatic heterocycles. The van der Waals surface area contributed by atoms with Crippen molar-refractivity contribution < 1.29 is 19.1 Å². The van der Waals surface area contributed by atoms with E-state index in [4.69, 9.17) is 9.47 Å². The number of carbonyl (C=O) groups is 2. The zero-order valence-electron chi connectivity index (χ0n) is 13.1. The van der Waals surface area contributed by atoms with Crippen LogP contribution in [0.25, 0.3) is 0 Å². The standard InChI is InChI=1S/C15H22N2O4/c1-6-20-13-11(8-7-9-16-13)14(19)21-10(2)12(18)17-15(3,4)5/h7-10H,6H2,1-5H3,(H,17,18)/t10-/m1/s1. The lowest BCUT2D eigenvalue weighted by Crippen LogP contribution is -2.46. The summed E-state index contributed by atoms with van der Waals surface area (Å²) >= 11 is 0. The van der Waals surface area contributed by atoms with E-state index in [1.807, 2.05) is 20.8 Å². The van der Waals surface area contributed by atoms with Gasteiger partial charge in [-0.3, -0.25) is 4.79 Å². The zero-order valence-corrected chi connectivity index (χ0v) is 13.1. The molecule has 1 atom stereocenters. The molecule has 1 aromatic rings. The molecule has 1 heterocycles. The van der Waals surface area contributed by atoms with Crippen LogP contribution in [0, 0.1) is 0 Å². The Bertz CT molecular complexity index is 509. The third-order valence-corrected chi connectivity index (χ3v) is 2.42. The molecule has 0 fully saturated rings. The van der Waals surface area contributed by atoms with Gasteiger partial charge < -0.3 is 14.8 Å². The second-order valence-corrected chi connectivity index (χ2v) is 5.58. The molecule has 0 aliphatic rings. The molecule has 116 valence electrons. The monoisotopic (exact) mass is 294 g/mol. The first kappa shape index (κ1) is 16.9. The number of aromatic nitrogens is 1. The van der Waals surface area contributed by atoms with Crippen molar-refractivity contribution in [1.82, 2.24) is 10.3 Å². The van der Waals surface area contributed by atoms with Crippen LogP contribution in [-0.4, -0.2) is 35.1 Å². The van der Waals surface area contributed by atoms with Gasteiger partial charge in [0, 0.05) is 11.7 Å². The summed E-state index contributed by atoms with van der Waals surface area (Å²) in [5.74, 6) is -0.783. The van der Waals surface area contributed by atoms with E-state index in [1.165, 1.54) is 13.1 Å². The highest BCUT2D eigenvalue weighted by atomic mass is 16.5.